The van der Waals surface area contributed by atoms with Gasteiger partial charge in [0.25, 0.3) is 0 Å². The Hall–Kier alpha value is -1.07. The Balaban J connectivity index is 2.02. The van der Waals surface area contributed by atoms with Crippen molar-refractivity contribution >= 4 is 27.5 Å². The van der Waals surface area contributed by atoms with E-state index in [1.54, 1.807) is 13.8 Å². The maximum atomic E-state index is 11.1. The monoisotopic (exact) mass is 340 g/mol. The number of carbonyl (C=O) groups is 1. The van der Waals surface area contributed by atoms with Crippen molar-refractivity contribution in [1.29, 1.82) is 0 Å². The van der Waals surface area contributed by atoms with Gasteiger partial charge in [0.1, 0.15) is 0 Å². The van der Waals surface area contributed by atoms with E-state index in [9.17, 15) is 9.90 Å². The fourth-order valence-electron chi connectivity index (χ4n) is 2.59. The molecule has 0 aromatic heterocycles. The zero-order chi connectivity index (χ0) is 14.7. The van der Waals surface area contributed by atoms with Crippen LogP contribution < -0.4 is 10.2 Å². The first-order valence-corrected chi connectivity index (χ1v) is 7.76. The number of nitrogens with zero attached hydrogens (tertiary/aromatic N) is 1. The second kappa shape index (κ2) is 6.59. The van der Waals surface area contributed by atoms with Gasteiger partial charge in [0, 0.05) is 30.5 Å². The number of piperidine rings is 1. The number of anilines is 1. The Kier molecular flexibility index (Phi) is 5.05. The quantitative estimate of drug-likeness (QED) is 0.889. The molecule has 1 aliphatic rings. The number of amides is 1. The molecule has 2 rings (SSSR count). The molecular weight excluding hydrogens is 320 g/mol. The van der Waals surface area contributed by atoms with Crippen molar-refractivity contribution in [3.8, 4) is 0 Å². The normalized spacial score (nSPS) is 17.9. The lowest BCUT2D eigenvalue weighted by Gasteiger charge is -2.34. The van der Waals surface area contributed by atoms with Gasteiger partial charge in [-0.1, -0.05) is 6.07 Å². The van der Waals surface area contributed by atoms with Crippen molar-refractivity contribution in [3.05, 3.63) is 28.2 Å². The second-order valence-electron chi connectivity index (χ2n) is 5.35. The van der Waals surface area contributed by atoms with Gasteiger partial charge in [-0.3, -0.25) is 4.79 Å². The molecule has 1 unspecified atom stereocenters. The van der Waals surface area contributed by atoms with Crippen LogP contribution in [0.2, 0.25) is 0 Å². The average Bonchev–Trinajstić information content (AvgIpc) is 2.39. The van der Waals surface area contributed by atoms with Crippen molar-refractivity contribution < 1.29 is 9.90 Å². The highest BCUT2D eigenvalue weighted by molar-refractivity contribution is 9.10. The summed E-state index contributed by atoms with van der Waals surface area (Å²) in [6, 6.07) is 6.27. The molecule has 20 heavy (non-hydrogen) atoms. The second-order valence-corrected chi connectivity index (χ2v) is 6.20. The van der Waals surface area contributed by atoms with Gasteiger partial charge < -0.3 is 15.3 Å². The molecule has 1 aromatic carbocycles. The summed E-state index contributed by atoms with van der Waals surface area (Å²) in [7, 11) is 0. The summed E-state index contributed by atoms with van der Waals surface area (Å²) < 4.78 is 1.01. The number of halogens is 1. The lowest BCUT2D eigenvalue weighted by molar-refractivity contribution is -0.119. The predicted octanol–water partition coefficient (Wildman–Crippen LogP) is 2.61. The number of aliphatic hydroxyl groups excluding tert-OH is 1. The van der Waals surface area contributed by atoms with E-state index in [0.29, 0.717) is 6.04 Å². The zero-order valence-corrected chi connectivity index (χ0v) is 13.5. The van der Waals surface area contributed by atoms with Gasteiger partial charge in [-0.25, -0.2) is 0 Å². The number of hydrogen-bond acceptors (Lipinski definition) is 3. The maximum Gasteiger partial charge on any atom is 0.217 e. The minimum Gasteiger partial charge on any atom is -0.389 e. The Morgan fingerprint density at radius 2 is 2.10 bits per heavy atom. The highest BCUT2D eigenvalue weighted by atomic mass is 79.9. The first-order chi connectivity index (χ1) is 9.47. The summed E-state index contributed by atoms with van der Waals surface area (Å²) in [6.45, 7) is 5.19. The van der Waals surface area contributed by atoms with Gasteiger partial charge in [0.15, 0.2) is 0 Å². The lowest BCUT2D eigenvalue weighted by atomic mass is 10.0. The van der Waals surface area contributed by atoms with Crippen molar-refractivity contribution in [2.45, 2.75) is 38.8 Å². The molecule has 1 aliphatic heterocycles. The first-order valence-electron chi connectivity index (χ1n) is 6.97. The smallest absolute Gasteiger partial charge is 0.217 e. The van der Waals surface area contributed by atoms with Crippen LogP contribution in [0.15, 0.2) is 22.7 Å². The molecule has 5 heteroatoms. The molecular formula is C15H21BrN2O2. The molecule has 110 valence electrons. The minimum absolute atomic E-state index is 0.0471. The van der Waals surface area contributed by atoms with Crippen molar-refractivity contribution in [3.63, 3.8) is 0 Å². The van der Waals surface area contributed by atoms with Crippen LogP contribution in [0.1, 0.15) is 38.4 Å². The number of nitrogens with one attached hydrogen (secondary N) is 1. The van der Waals surface area contributed by atoms with Gasteiger partial charge >= 0.3 is 0 Å². The Morgan fingerprint density at radius 3 is 2.60 bits per heavy atom. The van der Waals surface area contributed by atoms with Crippen LogP contribution in [-0.4, -0.2) is 30.1 Å². The molecule has 0 saturated carbocycles. The van der Waals surface area contributed by atoms with Gasteiger partial charge in [-0.05, 0) is 53.4 Å². The van der Waals surface area contributed by atoms with Gasteiger partial charge in [-0.15, -0.1) is 0 Å². The minimum atomic E-state index is -0.453. The van der Waals surface area contributed by atoms with E-state index in [1.165, 1.54) is 0 Å². The first kappa shape index (κ1) is 15.3. The SMILES string of the molecule is CC(=O)NC1CCN(c2ccc(C(C)O)cc2Br)CC1. The number of hydrogen-bond donors (Lipinski definition) is 2. The van der Waals surface area contributed by atoms with Gasteiger partial charge in [0.05, 0.1) is 11.8 Å². The molecule has 1 saturated heterocycles. The van der Waals surface area contributed by atoms with Crippen LogP contribution in [-0.2, 0) is 4.79 Å². The summed E-state index contributed by atoms with van der Waals surface area (Å²) in [4.78, 5) is 13.4. The van der Waals surface area contributed by atoms with E-state index < -0.39 is 6.10 Å². The molecule has 1 aromatic rings. The van der Waals surface area contributed by atoms with Crippen LogP contribution in [0.25, 0.3) is 0 Å². The Bertz CT molecular complexity index is 483. The average molecular weight is 341 g/mol. The molecule has 1 heterocycles. The van der Waals surface area contributed by atoms with Gasteiger partial charge in [0.2, 0.25) is 5.91 Å². The molecule has 1 atom stereocenters. The lowest BCUT2D eigenvalue weighted by Crippen LogP contribution is -2.44. The van der Waals surface area contributed by atoms with Crippen LogP contribution in [0.5, 0.6) is 0 Å². The number of aliphatic hydroxyl groups is 1. The van der Waals surface area contributed by atoms with Crippen LogP contribution in [0.3, 0.4) is 0 Å². The van der Waals surface area contributed by atoms with E-state index in [1.807, 2.05) is 18.2 Å². The molecule has 0 bridgehead atoms. The number of carbonyl (C=O) groups excluding carboxylic acids is 1. The third-order valence-electron chi connectivity index (χ3n) is 3.70. The third kappa shape index (κ3) is 3.73. The largest absolute Gasteiger partial charge is 0.389 e. The summed E-state index contributed by atoms with van der Waals surface area (Å²) >= 11 is 3.58. The highest BCUT2D eigenvalue weighted by Crippen LogP contribution is 2.31. The molecule has 1 amide bonds. The number of benzene rings is 1. The Morgan fingerprint density at radius 1 is 1.45 bits per heavy atom. The van der Waals surface area contributed by atoms with Crippen molar-refractivity contribution in [2.24, 2.45) is 0 Å². The van der Waals surface area contributed by atoms with Crippen LogP contribution in [0, 0.1) is 0 Å². The summed E-state index contributed by atoms with van der Waals surface area (Å²) in [6.07, 6.45) is 1.47. The molecule has 0 aliphatic carbocycles. The zero-order valence-electron chi connectivity index (χ0n) is 11.9. The molecule has 0 spiro atoms. The van der Waals surface area contributed by atoms with Gasteiger partial charge in [-0.2, -0.15) is 0 Å². The Labute approximate surface area is 128 Å². The summed E-state index contributed by atoms with van der Waals surface area (Å²) in [5, 5.41) is 12.6. The summed E-state index contributed by atoms with van der Waals surface area (Å²) in [5.74, 6) is 0.0471. The molecule has 2 N–H and O–H groups in total. The fraction of sp³-hybridized carbons (Fsp3) is 0.533. The van der Waals surface area contributed by atoms with Crippen LogP contribution in [0.4, 0.5) is 5.69 Å². The standard InChI is InChI=1S/C15H21BrN2O2/c1-10(19)12-3-4-15(14(16)9-12)18-7-5-13(6-8-18)17-11(2)20/h3-4,9-10,13,19H,5-8H2,1-2H3,(H,17,20). The van der Waals surface area contributed by atoms with Crippen molar-refractivity contribution in [2.75, 3.05) is 18.0 Å². The topological polar surface area (TPSA) is 52.6 Å². The van der Waals surface area contributed by atoms with Crippen LogP contribution >= 0.6 is 15.9 Å². The predicted molar refractivity (Wildman–Crippen MR) is 83.8 cm³/mol. The highest BCUT2D eigenvalue weighted by Gasteiger charge is 2.21. The number of rotatable bonds is 3. The van der Waals surface area contributed by atoms with E-state index in [0.717, 1.165) is 41.7 Å². The molecule has 0 radical (unpaired) electrons. The van der Waals surface area contributed by atoms with E-state index in [4.69, 9.17) is 0 Å². The van der Waals surface area contributed by atoms with E-state index in [-0.39, 0.29) is 5.91 Å². The molecule has 4 nitrogen and oxygen atoms in total. The fourth-order valence-corrected chi connectivity index (χ4v) is 3.24. The van der Waals surface area contributed by atoms with E-state index >= 15 is 0 Å². The van der Waals surface area contributed by atoms with Crippen molar-refractivity contribution in [1.82, 2.24) is 5.32 Å². The maximum absolute atomic E-state index is 11.1. The summed E-state index contributed by atoms with van der Waals surface area (Å²) in [5.41, 5.74) is 2.06. The molecule has 1 fully saturated rings. The van der Waals surface area contributed by atoms with E-state index in [2.05, 4.69) is 26.1 Å². The third-order valence-corrected chi connectivity index (χ3v) is 4.33.